The van der Waals surface area contributed by atoms with Gasteiger partial charge in [-0.2, -0.15) is 13.2 Å². The van der Waals surface area contributed by atoms with Gasteiger partial charge < -0.3 is 14.6 Å². The monoisotopic (exact) mass is 496 g/mol. The minimum absolute atomic E-state index is 0.0123. The number of hydrogen-bond donors (Lipinski definition) is 1. The minimum atomic E-state index is -4.49. The Morgan fingerprint density at radius 1 is 1.18 bits per heavy atom. The van der Waals surface area contributed by atoms with E-state index in [9.17, 15) is 22.4 Å². The normalized spacial score (nSPS) is 15.8. The number of alkyl halides is 3. The number of hydrogen-bond acceptors (Lipinski definition) is 4. The molecule has 0 aliphatic carbocycles. The summed E-state index contributed by atoms with van der Waals surface area (Å²) in [6, 6.07) is 9.21. The zero-order chi connectivity index (χ0) is 24.5. The predicted octanol–water partition coefficient (Wildman–Crippen LogP) is 5.94. The molecule has 0 spiro atoms. The van der Waals surface area contributed by atoms with Gasteiger partial charge >= 0.3 is 6.18 Å². The van der Waals surface area contributed by atoms with Crippen molar-refractivity contribution >= 4 is 17.5 Å². The van der Waals surface area contributed by atoms with E-state index in [4.69, 9.17) is 20.9 Å². The highest BCUT2D eigenvalue weighted by Crippen LogP contribution is 2.38. The van der Waals surface area contributed by atoms with Crippen LogP contribution in [-0.4, -0.2) is 30.8 Å². The maximum Gasteiger partial charge on any atom is 0.416 e. The second-order valence-electron chi connectivity index (χ2n) is 8.21. The molecule has 0 saturated carbocycles. The van der Waals surface area contributed by atoms with Gasteiger partial charge in [-0.3, -0.25) is 4.79 Å². The molecule has 34 heavy (non-hydrogen) atoms. The smallest absolute Gasteiger partial charge is 0.381 e. The molecule has 1 N–H and O–H groups in total. The number of aryl methyl sites for hydroxylation is 1. The molecular formula is C24H21ClF4N2O3. The first kappa shape index (κ1) is 24.2. The summed E-state index contributed by atoms with van der Waals surface area (Å²) in [4.78, 5) is 13.2. The molecule has 5 nitrogen and oxygen atoms in total. The van der Waals surface area contributed by atoms with Crippen LogP contribution >= 0.6 is 11.6 Å². The van der Waals surface area contributed by atoms with Gasteiger partial charge in [-0.25, -0.2) is 4.39 Å². The first-order chi connectivity index (χ1) is 16.1. The summed E-state index contributed by atoms with van der Waals surface area (Å²) >= 11 is 6.14. The molecule has 180 valence electrons. The summed E-state index contributed by atoms with van der Waals surface area (Å²) < 4.78 is 65.0. The highest BCUT2D eigenvalue weighted by molar-refractivity contribution is 6.33. The van der Waals surface area contributed by atoms with E-state index in [0.29, 0.717) is 31.6 Å². The molecule has 3 aromatic rings. The summed E-state index contributed by atoms with van der Waals surface area (Å²) in [5.74, 6) is -1.10. The largest absolute Gasteiger partial charge is 0.416 e. The average molecular weight is 497 g/mol. The van der Waals surface area contributed by atoms with Crippen molar-refractivity contribution in [3.63, 3.8) is 0 Å². The van der Waals surface area contributed by atoms with Gasteiger partial charge in [0.2, 0.25) is 0 Å². The molecule has 0 atom stereocenters. The number of carbonyl (C=O) groups is 1. The Hall–Kier alpha value is -2.91. The van der Waals surface area contributed by atoms with E-state index in [2.05, 4.69) is 10.5 Å². The lowest BCUT2D eigenvalue weighted by atomic mass is 9.73. The Balaban J connectivity index is 1.65. The van der Waals surface area contributed by atoms with Crippen molar-refractivity contribution in [1.29, 1.82) is 0 Å². The summed E-state index contributed by atoms with van der Waals surface area (Å²) in [5.41, 5.74) is -1.16. The number of carbonyl (C=O) groups excluding carboxylic acids is 1. The fourth-order valence-corrected chi connectivity index (χ4v) is 4.48. The van der Waals surface area contributed by atoms with E-state index in [1.165, 1.54) is 31.2 Å². The van der Waals surface area contributed by atoms with Crippen LogP contribution in [0.4, 0.5) is 17.6 Å². The van der Waals surface area contributed by atoms with Crippen molar-refractivity contribution in [2.24, 2.45) is 0 Å². The molecule has 2 aromatic carbocycles. The Labute approximate surface area is 198 Å². The van der Waals surface area contributed by atoms with Crippen molar-refractivity contribution < 1.29 is 31.6 Å². The van der Waals surface area contributed by atoms with Crippen LogP contribution in [0.5, 0.6) is 0 Å². The maximum absolute atomic E-state index is 14.5. The fraction of sp³-hybridized carbons (Fsp3) is 0.333. The number of nitrogens with zero attached hydrogens (tertiary/aromatic N) is 1. The van der Waals surface area contributed by atoms with Crippen LogP contribution in [0, 0.1) is 12.7 Å². The minimum Gasteiger partial charge on any atom is -0.381 e. The number of halogens is 5. The van der Waals surface area contributed by atoms with Crippen LogP contribution in [0.1, 0.15) is 40.1 Å². The quantitative estimate of drug-likeness (QED) is 0.444. The van der Waals surface area contributed by atoms with Crippen LogP contribution < -0.4 is 5.32 Å². The van der Waals surface area contributed by atoms with Gasteiger partial charge in [0, 0.05) is 25.2 Å². The molecule has 1 amide bonds. The van der Waals surface area contributed by atoms with Gasteiger partial charge in [-0.1, -0.05) is 41.0 Å². The van der Waals surface area contributed by atoms with Crippen molar-refractivity contribution in [3.8, 4) is 11.3 Å². The molecule has 4 rings (SSSR count). The molecule has 1 aliphatic heterocycles. The van der Waals surface area contributed by atoms with Gasteiger partial charge in [0.1, 0.15) is 22.8 Å². The van der Waals surface area contributed by atoms with Gasteiger partial charge in [0.15, 0.2) is 0 Å². The molecule has 1 saturated heterocycles. The van der Waals surface area contributed by atoms with Crippen LogP contribution in [0.25, 0.3) is 11.3 Å². The summed E-state index contributed by atoms with van der Waals surface area (Å²) in [5, 5.41) is 6.70. The van der Waals surface area contributed by atoms with Gasteiger partial charge in [0.25, 0.3) is 5.91 Å². The third kappa shape index (κ3) is 4.67. The van der Waals surface area contributed by atoms with E-state index in [-0.39, 0.29) is 34.1 Å². The van der Waals surface area contributed by atoms with Gasteiger partial charge in [-0.15, -0.1) is 0 Å². The second kappa shape index (κ2) is 9.38. The molecule has 1 fully saturated rings. The molecule has 0 bridgehead atoms. The van der Waals surface area contributed by atoms with Crippen molar-refractivity contribution in [2.45, 2.75) is 31.4 Å². The van der Waals surface area contributed by atoms with E-state index < -0.39 is 28.9 Å². The Bertz CT molecular complexity index is 1180. The van der Waals surface area contributed by atoms with Crippen LogP contribution in [0.15, 0.2) is 47.0 Å². The Morgan fingerprint density at radius 2 is 1.88 bits per heavy atom. The number of nitrogens with one attached hydrogen (secondary N) is 1. The lowest BCUT2D eigenvalue weighted by molar-refractivity contribution is -0.137. The van der Waals surface area contributed by atoms with Crippen molar-refractivity contribution in [1.82, 2.24) is 10.5 Å². The summed E-state index contributed by atoms with van der Waals surface area (Å²) in [6.07, 6.45) is -3.65. The summed E-state index contributed by atoms with van der Waals surface area (Å²) in [7, 11) is 0. The zero-order valence-electron chi connectivity index (χ0n) is 18.1. The maximum atomic E-state index is 14.5. The number of ether oxygens (including phenoxy) is 1. The molecule has 2 heterocycles. The molecule has 0 radical (unpaired) electrons. The number of benzene rings is 2. The SMILES string of the molecule is Cc1onc(-c2c(F)cccc2Cl)c1C(=O)NCC1(c2cccc(C(F)(F)F)c2)CCOCC1. The number of rotatable bonds is 5. The molecule has 1 aliphatic rings. The molecule has 1 aromatic heterocycles. The first-order valence-corrected chi connectivity index (χ1v) is 10.9. The topological polar surface area (TPSA) is 64.4 Å². The van der Waals surface area contributed by atoms with E-state index >= 15 is 0 Å². The fourth-order valence-electron chi connectivity index (χ4n) is 4.23. The van der Waals surface area contributed by atoms with Crippen molar-refractivity contribution in [2.75, 3.05) is 19.8 Å². The van der Waals surface area contributed by atoms with Crippen LogP contribution in [0.3, 0.4) is 0 Å². The Morgan fingerprint density at radius 3 is 2.56 bits per heavy atom. The lowest BCUT2D eigenvalue weighted by Gasteiger charge is -2.38. The van der Waals surface area contributed by atoms with Gasteiger partial charge in [-0.05, 0) is 43.5 Å². The van der Waals surface area contributed by atoms with Crippen molar-refractivity contribution in [3.05, 3.63) is 75.8 Å². The molecule has 10 heteroatoms. The Kier molecular flexibility index (Phi) is 6.69. The first-order valence-electron chi connectivity index (χ1n) is 10.6. The number of amides is 1. The van der Waals surface area contributed by atoms with Gasteiger partial charge in [0.05, 0.1) is 16.1 Å². The second-order valence-corrected chi connectivity index (χ2v) is 8.62. The molecule has 0 unspecified atom stereocenters. The van der Waals surface area contributed by atoms with E-state index in [1.807, 2.05) is 0 Å². The third-order valence-corrected chi connectivity index (χ3v) is 6.44. The van der Waals surface area contributed by atoms with Crippen LogP contribution in [0.2, 0.25) is 5.02 Å². The third-order valence-electron chi connectivity index (χ3n) is 6.13. The lowest BCUT2D eigenvalue weighted by Crippen LogP contribution is -2.44. The van der Waals surface area contributed by atoms with E-state index in [0.717, 1.165) is 12.1 Å². The highest BCUT2D eigenvalue weighted by atomic mass is 35.5. The van der Waals surface area contributed by atoms with E-state index in [1.54, 1.807) is 6.07 Å². The summed E-state index contributed by atoms with van der Waals surface area (Å²) in [6.45, 7) is 2.24. The predicted molar refractivity (Wildman–Crippen MR) is 117 cm³/mol. The highest BCUT2D eigenvalue weighted by Gasteiger charge is 2.38. The number of aromatic nitrogens is 1. The average Bonchev–Trinajstić information content (AvgIpc) is 3.18. The zero-order valence-corrected chi connectivity index (χ0v) is 18.9. The standard InChI is InChI=1S/C24H21ClF4N2O3/c1-14-19(21(31-34-14)20-17(25)6-3-7-18(20)26)22(32)30-13-23(8-10-33-11-9-23)15-4-2-5-16(12-15)24(27,28)29/h2-7,12H,8-11,13H2,1H3,(H,30,32). The van der Waals surface area contributed by atoms with Crippen LogP contribution in [-0.2, 0) is 16.3 Å². The molecular weight excluding hydrogens is 476 g/mol.